The van der Waals surface area contributed by atoms with Gasteiger partial charge in [-0.15, -0.1) is 0 Å². The Morgan fingerprint density at radius 3 is 2.50 bits per heavy atom. The van der Waals surface area contributed by atoms with Gasteiger partial charge in [0.2, 0.25) is 0 Å². The summed E-state index contributed by atoms with van der Waals surface area (Å²) >= 11 is 0. The number of fused-ring (bicyclic) bond motifs is 1. The number of hydrogen-bond acceptors (Lipinski definition) is 3. The Balaban J connectivity index is 2.46. The first kappa shape index (κ1) is 7.58. The van der Waals surface area contributed by atoms with E-state index in [1.807, 2.05) is 0 Å². The summed E-state index contributed by atoms with van der Waals surface area (Å²) < 4.78 is 4.70. The summed E-state index contributed by atoms with van der Waals surface area (Å²) in [7, 11) is 0. The van der Waals surface area contributed by atoms with Crippen molar-refractivity contribution < 1.29 is 19.4 Å². The van der Waals surface area contributed by atoms with Gasteiger partial charge in [0, 0.05) is 5.92 Å². The molecule has 1 saturated heterocycles. The number of rotatable bonds is 1. The van der Waals surface area contributed by atoms with E-state index in [0.29, 0.717) is 0 Å². The second-order valence-corrected chi connectivity index (χ2v) is 3.99. The number of hydrogen-bond donors (Lipinski definition) is 1. The lowest BCUT2D eigenvalue weighted by atomic mass is 9.96. The SMILES string of the molecule is CC1(C)[C@@H]2COC(=O)[C@@]21C(=O)O. The summed E-state index contributed by atoms with van der Waals surface area (Å²) in [5.74, 6) is -1.74. The van der Waals surface area contributed by atoms with Crippen molar-refractivity contribution >= 4 is 11.9 Å². The molecule has 0 aromatic heterocycles. The molecule has 2 aliphatic rings. The third-order valence-corrected chi connectivity index (χ3v) is 3.37. The molecule has 0 unspecified atom stereocenters. The minimum atomic E-state index is -1.23. The van der Waals surface area contributed by atoms with E-state index in [9.17, 15) is 9.59 Å². The van der Waals surface area contributed by atoms with Crippen molar-refractivity contribution in [3.05, 3.63) is 0 Å². The van der Waals surface area contributed by atoms with Crippen LogP contribution in [-0.2, 0) is 14.3 Å². The van der Waals surface area contributed by atoms with Crippen molar-refractivity contribution in [2.24, 2.45) is 16.7 Å². The van der Waals surface area contributed by atoms with Gasteiger partial charge in [-0.25, -0.2) is 0 Å². The molecule has 1 aliphatic carbocycles. The van der Waals surface area contributed by atoms with E-state index >= 15 is 0 Å². The molecule has 0 aromatic rings. The van der Waals surface area contributed by atoms with Crippen molar-refractivity contribution in [3.63, 3.8) is 0 Å². The Kier molecular flexibility index (Phi) is 1.04. The zero-order chi connectivity index (χ0) is 9.15. The van der Waals surface area contributed by atoms with E-state index in [0.717, 1.165) is 0 Å². The molecule has 4 heteroatoms. The fraction of sp³-hybridized carbons (Fsp3) is 0.750. The summed E-state index contributed by atoms with van der Waals surface area (Å²) in [6.45, 7) is 3.86. The quantitative estimate of drug-likeness (QED) is 0.453. The van der Waals surface area contributed by atoms with E-state index in [4.69, 9.17) is 9.84 Å². The van der Waals surface area contributed by atoms with Crippen LogP contribution < -0.4 is 0 Å². The number of carboxylic acid groups (broad SMARTS) is 1. The number of carbonyl (C=O) groups excluding carboxylic acids is 1. The number of carbonyl (C=O) groups is 2. The van der Waals surface area contributed by atoms with Crippen molar-refractivity contribution in [1.29, 1.82) is 0 Å². The van der Waals surface area contributed by atoms with Crippen molar-refractivity contribution in [3.8, 4) is 0 Å². The Morgan fingerprint density at radius 2 is 2.25 bits per heavy atom. The highest BCUT2D eigenvalue weighted by molar-refractivity contribution is 6.06. The first-order chi connectivity index (χ1) is 5.45. The third-order valence-electron chi connectivity index (χ3n) is 3.37. The molecular weight excluding hydrogens is 160 g/mol. The highest BCUT2D eigenvalue weighted by Crippen LogP contribution is 2.72. The predicted molar refractivity (Wildman–Crippen MR) is 38.3 cm³/mol. The van der Waals surface area contributed by atoms with Gasteiger partial charge >= 0.3 is 11.9 Å². The fourth-order valence-corrected chi connectivity index (χ4v) is 2.39. The van der Waals surface area contributed by atoms with Gasteiger partial charge < -0.3 is 9.84 Å². The van der Waals surface area contributed by atoms with Crippen LogP contribution in [0.4, 0.5) is 0 Å². The minimum absolute atomic E-state index is 0.130. The zero-order valence-corrected chi connectivity index (χ0v) is 6.96. The molecule has 1 N–H and O–H groups in total. The average molecular weight is 170 g/mol. The normalized spacial score (nSPS) is 41.8. The number of aliphatic carboxylic acids is 1. The molecule has 0 radical (unpaired) electrons. The van der Waals surface area contributed by atoms with Crippen LogP contribution in [0.15, 0.2) is 0 Å². The van der Waals surface area contributed by atoms with Crippen LogP contribution in [0.3, 0.4) is 0 Å². The number of esters is 1. The predicted octanol–water partition coefficient (Wildman–Crippen LogP) is 0.270. The van der Waals surface area contributed by atoms with Gasteiger partial charge in [-0.2, -0.15) is 0 Å². The van der Waals surface area contributed by atoms with Crippen LogP contribution in [0.2, 0.25) is 0 Å². The Labute approximate surface area is 69.5 Å². The first-order valence-corrected chi connectivity index (χ1v) is 3.86. The molecule has 4 nitrogen and oxygen atoms in total. The van der Waals surface area contributed by atoms with Crippen LogP contribution in [0.25, 0.3) is 0 Å². The molecule has 2 fully saturated rings. The second-order valence-electron chi connectivity index (χ2n) is 3.99. The average Bonchev–Trinajstić information content (AvgIpc) is 2.31. The molecule has 0 bridgehead atoms. The molecule has 0 aromatic carbocycles. The molecule has 66 valence electrons. The maximum Gasteiger partial charge on any atom is 0.324 e. The molecule has 0 spiro atoms. The standard InChI is InChI=1S/C8H10O4/c1-7(2)4-3-12-6(11)8(4,7)5(9)10/h4H,3H2,1-2H3,(H,9,10)/t4-,8-/m0/s1. The van der Waals surface area contributed by atoms with Crippen molar-refractivity contribution in [2.45, 2.75) is 13.8 Å². The lowest BCUT2D eigenvalue weighted by Crippen LogP contribution is -2.29. The summed E-state index contributed by atoms with van der Waals surface area (Å²) in [6.07, 6.45) is 0. The molecule has 1 aliphatic heterocycles. The number of ether oxygens (including phenoxy) is 1. The second kappa shape index (κ2) is 1.65. The smallest absolute Gasteiger partial charge is 0.324 e. The Hall–Kier alpha value is -1.06. The van der Waals surface area contributed by atoms with E-state index in [1.165, 1.54) is 0 Å². The number of carboxylic acids is 1. The summed E-state index contributed by atoms with van der Waals surface area (Å²) in [5.41, 5.74) is -1.65. The van der Waals surface area contributed by atoms with Crippen LogP contribution in [0.5, 0.6) is 0 Å². The van der Waals surface area contributed by atoms with Gasteiger partial charge in [0.15, 0.2) is 5.41 Å². The molecular formula is C8H10O4. The van der Waals surface area contributed by atoms with Gasteiger partial charge in [-0.3, -0.25) is 9.59 Å². The highest BCUT2D eigenvalue weighted by Gasteiger charge is 2.84. The fourth-order valence-electron chi connectivity index (χ4n) is 2.39. The molecule has 1 heterocycles. The van der Waals surface area contributed by atoms with Crippen LogP contribution in [0.1, 0.15) is 13.8 Å². The summed E-state index contributed by atoms with van der Waals surface area (Å²) in [6, 6.07) is 0. The summed E-state index contributed by atoms with van der Waals surface area (Å²) in [5, 5.41) is 8.92. The minimum Gasteiger partial charge on any atom is -0.480 e. The lowest BCUT2D eigenvalue weighted by molar-refractivity contribution is -0.158. The van der Waals surface area contributed by atoms with Gasteiger partial charge in [0.05, 0.1) is 6.61 Å². The van der Waals surface area contributed by atoms with E-state index < -0.39 is 22.8 Å². The zero-order valence-electron chi connectivity index (χ0n) is 6.96. The van der Waals surface area contributed by atoms with Crippen molar-refractivity contribution in [1.82, 2.24) is 0 Å². The van der Waals surface area contributed by atoms with E-state index in [1.54, 1.807) is 13.8 Å². The topological polar surface area (TPSA) is 63.6 Å². The van der Waals surface area contributed by atoms with Crippen LogP contribution >= 0.6 is 0 Å². The molecule has 0 amide bonds. The van der Waals surface area contributed by atoms with Crippen LogP contribution in [-0.4, -0.2) is 23.7 Å². The van der Waals surface area contributed by atoms with Gasteiger partial charge in [-0.05, 0) is 5.41 Å². The van der Waals surface area contributed by atoms with Gasteiger partial charge in [0.25, 0.3) is 0 Å². The largest absolute Gasteiger partial charge is 0.480 e. The highest BCUT2D eigenvalue weighted by atomic mass is 16.5. The maximum absolute atomic E-state index is 11.2. The molecule has 1 saturated carbocycles. The Bertz CT molecular complexity index is 281. The molecule has 2 rings (SSSR count). The maximum atomic E-state index is 11.2. The van der Waals surface area contributed by atoms with E-state index in [2.05, 4.69) is 0 Å². The molecule has 2 atom stereocenters. The van der Waals surface area contributed by atoms with Gasteiger partial charge in [-0.1, -0.05) is 13.8 Å². The van der Waals surface area contributed by atoms with E-state index in [-0.39, 0.29) is 12.5 Å². The Morgan fingerprint density at radius 1 is 1.67 bits per heavy atom. The van der Waals surface area contributed by atoms with Crippen LogP contribution in [0, 0.1) is 16.7 Å². The first-order valence-electron chi connectivity index (χ1n) is 3.86. The monoisotopic (exact) mass is 170 g/mol. The van der Waals surface area contributed by atoms with Gasteiger partial charge in [0.1, 0.15) is 0 Å². The van der Waals surface area contributed by atoms with Crippen molar-refractivity contribution in [2.75, 3.05) is 6.61 Å². The number of cyclic esters (lactones) is 1. The molecule has 12 heavy (non-hydrogen) atoms. The summed E-state index contributed by atoms with van der Waals surface area (Å²) in [4.78, 5) is 22.1. The lowest BCUT2D eigenvalue weighted by Gasteiger charge is -2.12. The third kappa shape index (κ3) is 0.462.